The Morgan fingerprint density at radius 3 is 2.35 bits per heavy atom. The number of ether oxygens (including phenoxy) is 1. The predicted octanol–water partition coefficient (Wildman–Crippen LogP) is 3.31. The number of morpholine rings is 1. The third-order valence-corrected chi connectivity index (χ3v) is 6.31. The normalized spacial score (nSPS) is 14.1. The van der Waals surface area contributed by atoms with E-state index in [-0.39, 0.29) is 16.4 Å². The van der Waals surface area contributed by atoms with Gasteiger partial charge in [0.1, 0.15) is 11.6 Å². The van der Waals surface area contributed by atoms with Gasteiger partial charge in [-0.1, -0.05) is 41.9 Å². The molecule has 0 radical (unpaired) electrons. The summed E-state index contributed by atoms with van der Waals surface area (Å²) in [6, 6.07) is 17.0. The number of nitrogens with one attached hydrogen (secondary N) is 1. The summed E-state index contributed by atoms with van der Waals surface area (Å²) in [4.78, 5) is 10.8. The van der Waals surface area contributed by atoms with Gasteiger partial charge < -0.3 is 9.64 Å². The minimum atomic E-state index is -3.91. The van der Waals surface area contributed by atoms with Crippen molar-refractivity contribution in [1.29, 1.82) is 5.26 Å². The van der Waals surface area contributed by atoms with E-state index in [1.165, 1.54) is 12.1 Å². The van der Waals surface area contributed by atoms with Crippen LogP contribution in [-0.2, 0) is 14.8 Å². The smallest absolute Gasteiger partial charge is 0.264 e. The molecule has 3 aromatic rings. The van der Waals surface area contributed by atoms with Crippen LogP contribution in [0.5, 0.6) is 0 Å². The molecule has 2 aromatic carbocycles. The number of nitrogens with zero attached hydrogens (tertiary/aromatic N) is 4. The van der Waals surface area contributed by atoms with Crippen LogP contribution < -0.4 is 9.62 Å². The molecule has 1 aromatic heterocycles. The Bertz CT molecular complexity index is 1220. The van der Waals surface area contributed by atoms with Gasteiger partial charge in [-0.25, -0.2) is 18.1 Å². The highest BCUT2D eigenvalue weighted by Crippen LogP contribution is 2.31. The summed E-state index contributed by atoms with van der Waals surface area (Å²) in [5, 5.41) is 10.4. The molecule has 10 heteroatoms. The van der Waals surface area contributed by atoms with Gasteiger partial charge >= 0.3 is 0 Å². The minimum absolute atomic E-state index is 0.0870. The second kappa shape index (κ2) is 8.89. The Balaban J connectivity index is 1.84. The van der Waals surface area contributed by atoms with Crippen molar-refractivity contribution in [2.45, 2.75) is 4.90 Å². The van der Waals surface area contributed by atoms with Crippen molar-refractivity contribution in [2.75, 3.05) is 35.9 Å². The first kappa shape index (κ1) is 21.1. The molecule has 31 heavy (non-hydrogen) atoms. The molecular formula is C21H18ClN5O3S. The SMILES string of the molecule is N#Cc1c(-c2ccc(Cl)cc2)nc(NS(=O)(=O)c2ccccc2)nc1N1CCOCC1. The number of aromatic nitrogens is 2. The van der Waals surface area contributed by atoms with Crippen LogP contribution in [-0.4, -0.2) is 44.7 Å². The van der Waals surface area contributed by atoms with Crippen molar-refractivity contribution in [1.82, 2.24) is 9.97 Å². The lowest BCUT2D eigenvalue weighted by Crippen LogP contribution is -2.37. The highest BCUT2D eigenvalue weighted by Gasteiger charge is 2.24. The Morgan fingerprint density at radius 2 is 1.71 bits per heavy atom. The van der Waals surface area contributed by atoms with Gasteiger partial charge in [0.25, 0.3) is 10.0 Å². The summed E-state index contributed by atoms with van der Waals surface area (Å²) in [6.07, 6.45) is 0. The Hall–Kier alpha value is -3.19. The van der Waals surface area contributed by atoms with E-state index in [0.717, 1.165) is 0 Å². The van der Waals surface area contributed by atoms with Gasteiger partial charge in [0, 0.05) is 23.7 Å². The fraction of sp³-hybridized carbons (Fsp3) is 0.190. The van der Waals surface area contributed by atoms with E-state index in [4.69, 9.17) is 16.3 Å². The van der Waals surface area contributed by atoms with Crippen molar-refractivity contribution in [2.24, 2.45) is 0 Å². The van der Waals surface area contributed by atoms with Crippen LogP contribution in [0.1, 0.15) is 5.56 Å². The topological polar surface area (TPSA) is 108 Å². The van der Waals surface area contributed by atoms with Crippen molar-refractivity contribution in [3.63, 3.8) is 0 Å². The molecule has 0 atom stereocenters. The van der Waals surface area contributed by atoms with E-state index in [9.17, 15) is 13.7 Å². The predicted molar refractivity (Wildman–Crippen MR) is 117 cm³/mol. The fourth-order valence-corrected chi connectivity index (χ4v) is 4.29. The maximum atomic E-state index is 12.8. The monoisotopic (exact) mass is 455 g/mol. The molecule has 1 fully saturated rings. The molecule has 1 saturated heterocycles. The molecule has 2 heterocycles. The zero-order chi connectivity index (χ0) is 21.8. The first-order valence-electron chi connectivity index (χ1n) is 9.46. The number of sulfonamides is 1. The van der Waals surface area contributed by atoms with Gasteiger partial charge in [0.15, 0.2) is 5.82 Å². The van der Waals surface area contributed by atoms with Gasteiger partial charge in [-0.2, -0.15) is 10.2 Å². The average Bonchev–Trinajstić information content (AvgIpc) is 2.80. The summed E-state index contributed by atoms with van der Waals surface area (Å²) in [5.41, 5.74) is 1.20. The maximum Gasteiger partial charge on any atom is 0.264 e. The molecule has 0 saturated carbocycles. The van der Waals surface area contributed by atoms with Gasteiger partial charge in [-0.3, -0.25) is 0 Å². The molecule has 0 unspecified atom stereocenters. The maximum absolute atomic E-state index is 12.8. The summed E-state index contributed by atoms with van der Waals surface area (Å²) < 4.78 is 33.5. The average molecular weight is 456 g/mol. The fourth-order valence-electron chi connectivity index (χ4n) is 3.20. The van der Waals surface area contributed by atoms with Crippen LogP contribution in [0.4, 0.5) is 11.8 Å². The van der Waals surface area contributed by atoms with Gasteiger partial charge in [0.05, 0.1) is 23.8 Å². The summed E-state index contributed by atoms with van der Waals surface area (Å²) >= 11 is 6.00. The lowest BCUT2D eigenvalue weighted by molar-refractivity contribution is 0.122. The van der Waals surface area contributed by atoms with Crippen molar-refractivity contribution in [3.8, 4) is 17.3 Å². The Morgan fingerprint density at radius 1 is 1.03 bits per heavy atom. The molecule has 8 nitrogen and oxygen atoms in total. The molecule has 158 valence electrons. The van der Waals surface area contributed by atoms with Gasteiger partial charge in [-0.05, 0) is 24.3 Å². The highest BCUT2D eigenvalue weighted by molar-refractivity contribution is 7.92. The van der Waals surface area contributed by atoms with Crippen molar-refractivity contribution < 1.29 is 13.2 Å². The lowest BCUT2D eigenvalue weighted by atomic mass is 10.1. The molecule has 1 aliphatic heterocycles. The number of nitriles is 1. The number of hydrogen-bond acceptors (Lipinski definition) is 7. The first-order chi connectivity index (χ1) is 15.0. The Labute approximate surface area is 185 Å². The second-order valence-corrected chi connectivity index (χ2v) is 8.85. The zero-order valence-corrected chi connectivity index (χ0v) is 17.9. The third-order valence-electron chi connectivity index (χ3n) is 4.71. The van der Waals surface area contributed by atoms with E-state index in [0.29, 0.717) is 48.4 Å². The summed E-state index contributed by atoms with van der Waals surface area (Å²) in [7, 11) is -3.91. The van der Waals surface area contributed by atoms with Crippen LogP contribution in [0, 0.1) is 11.3 Å². The first-order valence-corrected chi connectivity index (χ1v) is 11.3. The number of benzene rings is 2. The summed E-state index contributed by atoms with van der Waals surface area (Å²) in [6.45, 7) is 2.01. The molecule has 0 bridgehead atoms. The number of halogens is 1. The molecular weight excluding hydrogens is 438 g/mol. The van der Waals surface area contributed by atoms with Crippen LogP contribution in [0.3, 0.4) is 0 Å². The number of anilines is 2. The molecule has 1 N–H and O–H groups in total. The largest absolute Gasteiger partial charge is 0.378 e. The van der Waals surface area contributed by atoms with Crippen molar-refractivity contribution in [3.05, 3.63) is 65.2 Å². The molecule has 0 amide bonds. The third kappa shape index (κ3) is 4.61. The van der Waals surface area contributed by atoms with Crippen molar-refractivity contribution >= 4 is 33.4 Å². The van der Waals surface area contributed by atoms with Gasteiger partial charge in [0.2, 0.25) is 5.95 Å². The molecule has 4 rings (SSSR count). The van der Waals surface area contributed by atoms with Crippen LogP contribution >= 0.6 is 11.6 Å². The molecule has 0 spiro atoms. The zero-order valence-electron chi connectivity index (χ0n) is 16.3. The number of hydrogen-bond donors (Lipinski definition) is 1. The summed E-state index contributed by atoms with van der Waals surface area (Å²) in [5.74, 6) is 0.241. The van der Waals surface area contributed by atoms with E-state index in [1.807, 2.05) is 4.90 Å². The van der Waals surface area contributed by atoms with Crippen LogP contribution in [0.25, 0.3) is 11.3 Å². The molecule has 0 aliphatic carbocycles. The number of rotatable bonds is 5. The second-order valence-electron chi connectivity index (χ2n) is 6.73. The van der Waals surface area contributed by atoms with E-state index < -0.39 is 10.0 Å². The van der Waals surface area contributed by atoms with Crippen LogP contribution in [0.2, 0.25) is 5.02 Å². The van der Waals surface area contributed by atoms with Crippen LogP contribution in [0.15, 0.2) is 59.5 Å². The van der Waals surface area contributed by atoms with E-state index >= 15 is 0 Å². The minimum Gasteiger partial charge on any atom is -0.378 e. The quantitative estimate of drug-likeness (QED) is 0.628. The standard InChI is InChI=1S/C21H18ClN5O3S/c22-16-8-6-15(7-9-16)19-18(14-23)20(27-10-12-30-13-11-27)25-21(24-19)26-31(28,29)17-4-2-1-3-5-17/h1-9H,10-13H2,(H,24,25,26). The Kier molecular flexibility index (Phi) is 6.04. The lowest BCUT2D eigenvalue weighted by Gasteiger charge is -2.29. The molecule has 1 aliphatic rings. The van der Waals surface area contributed by atoms with E-state index in [1.54, 1.807) is 42.5 Å². The highest BCUT2D eigenvalue weighted by atomic mass is 35.5. The van der Waals surface area contributed by atoms with Gasteiger partial charge in [-0.15, -0.1) is 0 Å². The van der Waals surface area contributed by atoms with E-state index in [2.05, 4.69) is 20.8 Å².